The van der Waals surface area contributed by atoms with E-state index in [2.05, 4.69) is 31.7 Å². The summed E-state index contributed by atoms with van der Waals surface area (Å²) in [5, 5.41) is 0. The topological polar surface area (TPSA) is 3.24 Å². The first kappa shape index (κ1) is 11.6. The average Bonchev–Trinajstić information content (AvgIpc) is 2.07. The van der Waals surface area contributed by atoms with Crippen LogP contribution in [-0.2, 0) is 0 Å². The molecule has 0 bridgehead atoms. The van der Waals surface area contributed by atoms with Crippen LogP contribution in [0.4, 0.5) is 0 Å². The zero-order valence-electron chi connectivity index (χ0n) is 8.34. The molecular formula is C10H19NS. The molecule has 0 unspecified atom stereocenters. The van der Waals surface area contributed by atoms with Crippen molar-refractivity contribution in [3.63, 3.8) is 0 Å². The Morgan fingerprint density at radius 2 is 1.83 bits per heavy atom. The molecule has 0 radical (unpaired) electrons. The highest BCUT2D eigenvalue weighted by molar-refractivity contribution is 7.80. The maximum atomic E-state index is 5.23. The standard InChI is InChI=1S/C10H19NS/c1-4-7-8-9-10(12)11(5-2)6-3/h8-9H,4-7H2,1-3H3/b9-8+. The van der Waals surface area contributed by atoms with E-state index in [-0.39, 0.29) is 0 Å². The van der Waals surface area contributed by atoms with E-state index >= 15 is 0 Å². The quantitative estimate of drug-likeness (QED) is 0.478. The van der Waals surface area contributed by atoms with Crippen LogP contribution in [0.1, 0.15) is 33.6 Å². The first-order valence-electron chi connectivity index (χ1n) is 4.71. The molecule has 0 aliphatic carbocycles. The predicted molar refractivity (Wildman–Crippen MR) is 59.6 cm³/mol. The van der Waals surface area contributed by atoms with Gasteiger partial charge in [-0.25, -0.2) is 0 Å². The molecule has 0 aromatic rings. The first-order valence-corrected chi connectivity index (χ1v) is 5.12. The van der Waals surface area contributed by atoms with Crippen LogP contribution in [0.3, 0.4) is 0 Å². The van der Waals surface area contributed by atoms with Crippen molar-refractivity contribution in [1.82, 2.24) is 4.90 Å². The Morgan fingerprint density at radius 1 is 1.25 bits per heavy atom. The van der Waals surface area contributed by atoms with Crippen molar-refractivity contribution < 1.29 is 0 Å². The monoisotopic (exact) mass is 185 g/mol. The molecule has 2 heteroatoms. The van der Waals surface area contributed by atoms with Gasteiger partial charge in [-0.05, 0) is 26.3 Å². The third-order valence-electron chi connectivity index (χ3n) is 1.79. The summed E-state index contributed by atoms with van der Waals surface area (Å²) < 4.78 is 0. The van der Waals surface area contributed by atoms with E-state index in [4.69, 9.17) is 12.2 Å². The van der Waals surface area contributed by atoms with Gasteiger partial charge in [0.05, 0.1) is 0 Å². The molecule has 0 spiro atoms. The predicted octanol–water partition coefficient (Wildman–Crippen LogP) is 3.01. The lowest BCUT2D eigenvalue weighted by Gasteiger charge is -2.18. The molecule has 0 atom stereocenters. The highest BCUT2D eigenvalue weighted by Crippen LogP contribution is 1.96. The van der Waals surface area contributed by atoms with Crippen molar-refractivity contribution in [3.05, 3.63) is 12.2 Å². The number of unbranched alkanes of at least 4 members (excludes halogenated alkanes) is 1. The molecule has 0 aromatic carbocycles. The van der Waals surface area contributed by atoms with E-state index in [9.17, 15) is 0 Å². The van der Waals surface area contributed by atoms with Crippen molar-refractivity contribution in [2.75, 3.05) is 13.1 Å². The molecule has 1 nitrogen and oxygen atoms in total. The van der Waals surface area contributed by atoms with Gasteiger partial charge in [-0.3, -0.25) is 0 Å². The van der Waals surface area contributed by atoms with Crippen LogP contribution in [0.5, 0.6) is 0 Å². The molecule has 0 saturated heterocycles. The minimum absolute atomic E-state index is 0.966. The highest BCUT2D eigenvalue weighted by atomic mass is 32.1. The van der Waals surface area contributed by atoms with Gasteiger partial charge >= 0.3 is 0 Å². The van der Waals surface area contributed by atoms with Crippen molar-refractivity contribution in [2.24, 2.45) is 0 Å². The minimum atomic E-state index is 0.966. The largest absolute Gasteiger partial charge is 0.363 e. The summed E-state index contributed by atoms with van der Waals surface area (Å²) in [7, 11) is 0. The van der Waals surface area contributed by atoms with Gasteiger partial charge in [-0.1, -0.05) is 31.6 Å². The van der Waals surface area contributed by atoms with E-state index < -0.39 is 0 Å². The van der Waals surface area contributed by atoms with Crippen molar-refractivity contribution in [3.8, 4) is 0 Å². The van der Waals surface area contributed by atoms with Crippen LogP contribution in [0, 0.1) is 0 Å². The Morgan fingerprint density at radius 3 is 2.25 bits per heavy atom. The van der Waals surface area contributed by atoms with Crippen LogP contribution in [-0.4, -0.2) is 23.0 Å². The molecule has 0 rings (SSSR count). The Labute approximate surface area is 81.5 Å². The Hall–Kier alpha value is -0.370. The molecule has 0 aromatic heterocycles. The Kier molecular flexibility index (Phi) is 7.06. The second-order valence-corrected chi connectivity index (χ2v) is 3.12. The van der Waals surface area contributed by atoms with Crippen molar-refractivity contribution in [1.29, 1.82) is 0 Å². The zero-order valence-corrected chi connectivity index (χ0v) is 9.16. The summed E-state index contributed by atoms with van der Waals surface area (Å²) in [4.78, 5) is 3.15. The van der Waals surface area contributed by atoms with Gasteiger partial charge in [0.15, 0.2) is 0 Å². The number of allylic oxidation sites excluding steroid dienone is 1. The third kappa shape index (κ3) is 4.50. The van der Waals surface area contributed by atoms with E-state index in [0.29, 0.717) is 0 Å². The fraction of sp³-hybridized carbons (Fsp3) is 0.700. The summed E-state index contributed by atoms with van der Waals surface area (Å²) in [5.41, 5.74) is 0. The molecule has 0 aliphatic rings. The molecule has 0 amide bonds. The maximum absolute atomic E-state index is 5.23. The average molecular weight is 185 g/mol. The van der Waals surface area contributed by atoms with Gasteiger partial charge < -0.3 is 4.90 Å². The second kappa shape index (κ2) is 7.29. The Bertz CT molecular complexity index is 148. The minimum Gasteiger partial charge on any atom is -0.363 e. The number of thiocarbonyl (C=S) groups is 1. The third-order valence-corrected chi connectivity index (χ3v) is 2.19. The molecule has 70 valence electrons. The van der Waals surface area contributed by atoms with Gasteiger partial charge in [0.1, 0.15) is 4.99 Å². The molecular weight excluding hydrogens is 166 g/mol. The van der Waals surface area contributed by atoms with Crippen LogP contribution in [0.25, 0.3) is 0 Å². The summed E-state index contributed by atoms with van der Waals surface area (Å²) in [6, 6.07) is 0. The molecule has 0 heterocycles. The van der Waals surface area contributed by atoms with Gasteiger partial charge in [0.2, 0.25) is 0 Å². The lowest BCUT2D eigenvalue weighted by molar-refractivity contribution is 0.476. The first-order chi connectivity index (χ1) is 5.76. The number of nitrogens with zero attached hydrogens (tertiary/aromatic N) is 1. The molecule has 12 heavy (non-hydrogen) atoms. The van der Waals surface area contributed by atoms with E-state index in [1.807, 2.05) is 6.08 Å². The van der Waals surface area contributed by atoms with Crippen LogP contribution < -0.4 is 0 Å². The lowest BCUT2D eigenvalue weighted by Crippen LogP contribution is -2.27. The van der Waals surface area contributed by atoms with Crippen LogP contribution >= 0.6 is 12.2 Å². The summed E-state index contributed by atoms with van der Waals surface area (Å²) in [6.07, 6.45) is 6.52. The van der Waals surface area contributed by atoms with Gasteiger partial charge in [-0.15, -0.1) is 0 Å². The summed E-state index contributed by atoms with van der Waals surface area (Å²) in [5.74, 6) is 0. The summed E-state index contributed by atoms with van der Waals surface area (Å²) >= 11 is 5.23. The van der Waals surface area contributed by atoms with Gasteiger partial charge in [-0.2, -0.15) is 0 Å². The van der Waals surface area contributed by atoms with E-state index in [0.717, 1.165) is 24.5 Å². The molecule has 0 aliphatic heterocycles. The molecule has 0 saturated carbocycles. The lowest BCUT2D eigenvalue weighted by atomic mass is 10.3. The molecule has 0 fully saturated rings. The number of hydrogen-bond acceptors (Lipinski definition) is 1. The van der Waals surface area contributed by atoms with Crippen molar-refractivity contribution in [2.45, 2.75) is 33.6 Å². The van der Waals surface area contributed by atoms with Gasteiger partial charge in [0, 0.05) is 13.1 Å². The number of rotatable bonds is 5. The van der Waals surface area contributed by atoms with E-state index in [1.165, 1.54) is 6.42 Å². The number of hydrogen-bond donors (Lipinski definition) is 0. The summed E-state index contributed by atoms with van der Waals surface area (Å²) in [6.45, 7) is 8.44. The maximum Gasteiger partial charge on any atom is 0.101 e. The number of likely N-dealkylation sites (N-methyl/N-ethyl adjacent to an activating group) is 1. The molecule has 0 N–H and O–H groups in total. The van der Waals surface area contributed by atoms with Crippen LogP contribution in [0.15, 0.2) is 12.2 Å². The van der Waals surface area contributed by atoms with Gasteiger partial charge in [0.25, 0.3) is 0 Å². The second-order valence-electron chi connectivity index (χ2n) is 2.70. The fourth-order valence-electron chi connectivity index (χ4n) is 0.992. The Balaban J connectivity index is 3.83. The normalized spacial score (nSPS) is 10.6. The highest BCUT2D eigenvalue weighted by Gasteiger charge is 1.98. The fourth-order valence-corrected chi connectivity index (χ4v) is 1.35. The van der Waals surface area contributed by atoms with Crippen LogP contribution in [0.2, 0.25) is 0 Å². The smallest absolute Gasteiger partial charge is 0.101 e. The SMILES string of the molecule is CCC/C=C/C(=S)N(CC)CC. The van der Waals surface area contributed by atoms with Crippen molar-refractivity contribution >= 4 is 17.2 Å². The zero-order chi connectivity index (χ0) is 9.40. The van der Waals surface area contributed by atoms with E-state index in [1.54, 1.807) is 0 Å².